The number of ether oxygens (including phenoxy) is 3. The van der Waals surface area contributed by atoms with Gasteiger partial charge in [0.2, 0.25) is 39.2 Å². The first kappa shape index (κ1) is 44.8. The van der Waals surface area contributed by atoms with Crippen LogP contribution in [0.5, 0.6) is 11.8 Å². The van der Waals surface area contributed by atoms with E-state index in [1.54, 1.807) is 0 Å². The molecule has 7 atom stereocenters. The van der Waals surface area contributed by atoms with Crippen molar-refractivity contribution in [3.8, 4) is 11.8 Å². The van der Waals surface area contributed by atoms with E-state index >= 15 is 4.79 Å². The smallest absolute Gasteiger partial charge is 0.427 e. The Morgan fingerprint density at radius 2 is 1.82 bits per heavy atom. The maximum atomic E-state index is 15.1. The zero-order valence-corrected chi connectivity index (χ0v) is 35.8. The Kier molecular flexibility index (Phi) is 12.3. The molecular weight excluding hydrogens is 823 g/mol. The predicted octanol–water partition coefficient (Wildman–Crippen LogP) is 7.11. The first-order valence-electron chi connectivity index (χ1n) is 21.4. The number of hydrogen-bond donors (Lipinski definition) is 1. The average Bonchev–Trinajstić information content (AvgIpc) is 4.11. The maximum absolute atomic E-state index is 15.1. The van der Waals surface area contributed by atoms with Gasteiger partial charge in [-0.3, -0.25) is 23.9 Å². The number of alkyl halides is 4. The highest BCUT2D eigenvalue weighted by Crippen LogP contribution is 2.58. The largest absolute Gasteiger partial charge is 0.477 e. The standard InChI is InChI=1S/C44H55F4N3O9S/c1-5-27-19-26(2)11-6-7-12-28-22-43(28,40(55)50-61(56,57)42(25-45)16-17-42)23-35(52)34-20-29(24-51(34)39(54)33(27)21-36(53)60-41(3,4)44(46,47)48)59-38-32-14-9-8-13-30(32)31-15-10-18-58-37(31)49-38/h7-9,12-14,26-29,33-34H,5-6,10-11,15-25H2,1-4H3,(H,50,55)/b12-7-/t26-,27+,28+,29+,33-,34-,43+/m0/s1. The summed E-state index contributed by atoms with van der Waals surface area (Å²) in [6.07, 6.45) is 0.585. The first-order chi connectivity index (χ1) is 28.7. The number of rotatable bonds is 10. The number of fused-ring (bicyclic) bond motifs is 5. The fourth-order valence-corrected chi connectivity index (χ4v) is 10.8. The molecule has 2 aliphatic carbocycles. The van der Waals surface area contributed by atoms with Gasteiger partial charge in [0, 0.05) is 23.8 Å². The van der Waals surface area contributed by atoms with E-state index in [2.05, 4.69) is 4.72 Å². The van der Waals surface area contributed by atoms with Gasteiger partial charge in [0.25, 0.3) is 0 Å². The topological polar surface area (TPSA) is 158 Å². The quantitative estimate of drug-likeness (QED) is 0.148. The number of nitrogens with one attached hydrogen (secondary N) is 1. The molecule has 3 fully saturated rings. The second-order valence-corrected chi connectivity index (χ2v) is 20.4. The van der Waals surface area contributed by atoms with Crippen LogP contribution in [0, 0.1) is 29.1 Å². The lowest BCUT2D eigenvalue weighted by Crippen LogP contribution is -2.49. The average molecular weight is 878 g/mol. The molecule has 2 amide bonds. The number of allylic oxidation sites excluding steroid dienone is 2. The van der Waals surface area contributed by atoms with E-state index in [1.807, 2.05) is 50.3 Å². The second-order valence-electron chi connectivity index (χ2n) is 18.3. The molecule has 1 N–H and O–H groups in total. The molecule has 2 saturated carbocycles. The minimum absolute atomic E-state index is 0.0110. The summed E-state index contributed by atoms with van der Waals surface area (Å²) < 4.78 is 99.9. The molecule has 61 heavy (non-hydrogen) atoms. The van der Waals surface area contributed by atoms with Crippen LogP contribution in [-0.4, -0.2) is 90.4 Å². The van der Waals surface area contributed by atoms with Crippen molar-refractivity contribution in [2.24, 2.45) is 29.1 Å². The van der Waals surface area contributed by atoms with Crippen molar-refractivity contribution in [1.29, 1.82) is 0 Å². The molecule has 3 aliphatic heterocycles. The van der Waals surface area contributed by atoms with Crippen molar-refractivity contribution >= 4 is 44.4 Å². The number of esters is 1. The molecule has 17 heteroatoms. The summed E-state index contributed by atoms with van der Waals surface area (Å²) in [6.45, 7) is 4.43. The third kappa shape index (κ3) is 8.86. The highest BCUT2D eigenvalue weighted by atomic mass is 32.2. The van der Waals surface area contributed by atoms with Gasteiger partial charge in [-0.25, -0.2) is 12.8 Å². The van der Waals surface area contributed by atoms with Crippen LogP contribution in [0.1, 0.15) is 104 Å². The highest BCUT2D eigenvalue weighted by molar-refractivity contribution is 7.91. The van der Waals surface area contributed by atoms with Crippen LogP contribution in [0.25, 0.3) is 10.8 Å². The molecule has 334 valence electrons. The summed E-state index contributed by atoms with van der Waals surface area (Å²) in [4.78, 5) is 63.3. The van der Waals surface area contributed by atoms with Crippen LogP contribution in [0.2, 0.25) is 0 Å². The number of ketones is 1. The van der Waals surface area contributed by atoms with Gasteiger partial charge >= 0.3 is 12.1 Å². The molecule has 1 aromatic carbocycles. The zero-order valence-electron chi connectivity index (χ0n) is 35.0. The van der Waals surface area contributed by atoms with Gasteiger partial charge in [-0.05, 0) is 94.4 Å². The lowest BCUT2D eigenvalue weighted by Gasteiger charge is -2.34. The number of sulfonamides is 1. The normalized spacial score (nSPS) is 29.8. The Bertz CT molecular complexity index is 2190. The van der Waals surface area contributed by atoms with Gasteiger partial charge in [0.05, 0.1) is 36.9 Å². The fraction of sp³-hybridized carbons (Fsp3) is 0.659. The van der Waals surface area contributed by atoms with Crippen LogP contribution >= 0.6 is 0 Å². The Hall–Kier alpha value is -4.28. The molecule has 1 saturated heterocycles. The van der Waals surface area contributed by atoms with Crippen LogP contribution in [0.15, 0.2) is 36.4 Å². The van der Waals surface area contributed by atoms with Crippen molar-refractivity contribution in [3.63, 3.8) is 0 Å². The molecule has 0 unspecified atom stereocenters. The summed E-state index contributed by atoms with van der Waals surface area (Å²) in [5.41, 5.74) is -3.40. The van der Waals surface area contributed by atoms with Crippen LogP contribution < -0.4 is 14.2 Å². The third-order valence-electron chi connectivity index (χ3n) is 13.6. The minimum atomic E-state index is -4.88. The molecule has 1 aromatic heterocycles. The molecule has 0 radical (unpaired) electrons. The number of carbonyl (C=O) groups is 4. The highest BCUT2D eigenvalue weighted by Gasteiger charge is 2.64. The van der Waals surface area contributed by atoms with Gasteiger partial charge in [0.1, 0.15) is 17.5 Å². The number of aryl methyl sites for hydroxylation is 1. The molecule has 7 rings (SSSR count). The summed E-state index contributed by atoms with van der Waals surface area (Å²) in [6, 6.07) is 6.27. The van der Waals surface area contributed by atoms with Crippen LogP contribution in [0.3, 0.4) is 0 Å². The minimum Gasteiger partial charge on any atom is -0.477 e. The number of nitrogens with zero attached hydrogens (tertiary/aromatic N) is 2. The number of carbonyl (C=O) groups excluding carboxylic acids is 4. The molecule has 2 aromatic rings. The number of pyridine rings is 1. The van der Waals surface area contributed by atoms with Crippen molar-refractivity contribution in [1.82, 2.24) is 14.6 Å². The number of aromatic nitrogens is 1. The Balaban J connectivity index is 1.25. The molecule has 12 nitrogen and oxygen atoms in total. The van der Waals surface area contributed by atoms with Crippen molar-refractivity contribution in [3.05, 3.63) is 42.0 Å². The Morgan fingerprint density at radius 1 is 1.10 bits per heavy atom. The number of hydrogen-bond acceptors (Lipinski definition) is 10. The summed E-state index contributed by atoms with van der Waals surface area (Å²) in [7, 11) is -4.42. The summed E-state index contributed by atoms with van der Waals surface area (Å²) in [5.74, 6) is -4.90. The van der Waals surface area contributed by atoms with E-state index in [9.17, 15) is 40.4 Å². The Labute approximate surface area is 353 Å². The van der Waals surface area contributed by atoms with E-state index < -0.39 is 105 Å². The number of benzene rings is 1. The van der Waals surface area contributed by atoms with E-state index in [4.69, 9.17) is 19.2 Å². The van der Waals surface area contributed by atoms with Crippen LogP contribution in [0.4, 0.5) is 17.6 Å². The SMILES string of the molecule is CC[C@@H]1C[C@@H](C)CC/C=C\[C@@H]2C[C@@]2(C(=O)NS(=O)(=O)C2(CF)CC2)CC(=O)[C@@H]2C[C@@H](Oc3nc4c(c5ccccc35)CCCO4)CN2C(=O)[C@H]1CC(=O)OC(C)(C)C(F)(F)F. The van der Waals surface area contributed by atoms with Gasteiger partial charge in [-0.1, -0.05) is 50.6 Å². The third-order valence-corrected chi connectivity index (χ3v) is 15.7. The molecule has 0 bridgehead atoms. The van der Waals surface area contributed by atoms with E-state index in [0.717, 1.165) is 37.6 Å². The number of amides is 2. The molecule has 0 spiro atoms. The zero-order chi connectivity index (χ0) is 44.1. The molecule has 4 heterocycles. The maximum Gasteiger partial charge on any atom is 0.427 e. The number of halogens is 4. The van der Waals surface area contributed by atoms with E-state index in [0.29, 0.717) is 43.6 Å². The van der Waals surface area contributed by atoms with Crippen molar-refractivity contribution in [2.45, 2.75) is 133 Å². The first-order valence-corrected chi connectivity index (χ1v) is 22.9. The van der Waals surface area contributed by atoms with Crippen LogP contribution in [-0.2, 0) is 40.4 Å². The molecular formula is C44H55F4N3O9S. The van der Waals surface area contributed by atoms with E-state index in [-0.39, 0.29) is 44.0 Å². The van der Waals surface area contributed by atoms with Crippen molar-refractivity contribution in [2.75, 3.05) is 19.8 Å². The summed E-state index contributed by atoms with van der Waals surface area (Å²) >= 11 is 0. The Morgan fingerprint density at radius 3 is 2.49 bits per heavy atom. The van der Waals surface area contributed by atoms with Gasteiger partial charge in [-0.2, -0.15) is 18.2 Å². The lowest BCUT2D eigenvalue weighted by molar-refractivity contribution is -0.257. The van der Waals surface area contributed by atoms with Gasteiger partial charge in [-0.15, -0.1) is 0 Å². The van der Waals surface area contributed by atoms with Gasteiger partial charge < -0.3 is 19.1 Å². The fourth-order valence-electron chi connectivity index (χ4n) is 9.35. The van der Waals surface area contributed by atoms with Crippen molar-refractivity contribution < 1.29 is 59.4 Å². The molecule has 5 aliphatic rings. The predicted molar refractivity (Wildman–Crippen MR) is 216 cm³/mol. The number of Topliss-reactive ketones (excluding diaryl/α,β-unsaturated/α-hetero) is 1. The van der Waals surface area contributed by atoms with E-state index in [1.165, 1.54) is 4.90 Å². The second kappa shape index (κ2) is 16.8. The van der Waals surface area contributed by atoms with Gasteiger partial charge in [0.15, 0.2) is 5.78 Å². The summed E-state index contributed by atoms with van der Waals surface area (Å²) in [5, 5.41) is 1.56. The lowest BCUT2D eigenvalue weighted by atomic mass is 9.79. The monoisotopic (exact) mass is 877 g/mol.